The van der Waals surface area contributed by atoms with Gasteiger partial charge in [-0.3, -0.25) is 9.59 Å². The number of carbonyl (C=O) groups excluding carboxylic acids is 2. The third kappa shape index (κ3) is 36.2. The molecule has 0 spiro atoms. The minimum Gasteiger partial charge on any atom is -0.477 e. The van der Waals surface area contributed by atoms with E-state index in [1.165, 1.54) is 19.3 Å². The van der Waals surface area contributed by atoms with Crippen LogP contribution in [0.15, 0.2) is 85.1 Å². The number of allylic oxidation sites excluding steroid dienone is 14. The number of esters is 2. The van der Waals surface area contributed by atoms with E-state index >= 15 is 0 Å². The van der Waals surface area contributed by atoms with E-state index < -0.39 is 18.1 Å². The number of carbonyl (C=O) groups is 3. The molecule has 0 aromatic heterocycles. The van der Waals surface area contributed by atoms with Crippen LogP contribution in [0.5, 0.6) is 0 Å². The smallest absolute Gasteiger partial charge is 0.362 e. The summed E-state index contributed by atoms with van der Waals surface area (Å²) in [4.78, 5) is 36.9. The molecule has 0 aliphatic rings. The average molecular weight is 783 g/mol. The van der Waals surface area contributed by atoms with Crippen molar-refractivity contribution in [1.82, 2.24) is 0 Å². The molecular weight excluding hydrogens is 703 g/mol. The first-order valence-electron chi connectivity index (χ1n) is 21.6. The SMILES string of the molecule is CC/C=C/C/C=C/C/C=C/C/C=C/C/C=C/C/C=C/CCCCC(=O)OC(COCCC(C(=O)O)[N+](C)(C)C)COC(=O)CCCCCCC/C=C/CCCC. The van der Waals surface area contributed by atoms with Crippen molar-refractivity contribution in [1.29, 1.82) is 0 Å². The van der Waals surface area contributed by atoms with Gasteiger partial charge in [0.15, 0.2) is 12.1 Å². The predicted molar refractivity (Wildman–Crippen MR) is 233 cm³/mol. The Bertz CT molecular complexity index is 1190. The Morgan fingerprint density at radius 3 is 1.54 bits per heavy atom. The minimum absolute atomic E-state index is 0.0356. The van der Waals surface area contributed by atoms with Crippen molar-refractivity contribution >= 4 is 17.9 Å². The van der Waals surface area contributed by atoms with Crippen LogP contribution >= 0.6 is 0 Å². The molecule has 0 saturated heterocycles. The van der Waals surface area contributed by atoms with E-state index in [1.807, 2.05) is 21.1 Å². The van der Waals surface area contributed by atoms with Gasteiger partial charge >= 0.3 is 17.9 Å². The number of hydrogen-bond acceptors (Lipinski definition) is 6. The number of unbranched alkanes of at least 4 members (excludes halogenated alkanes) is 9. The second kappa shape index (κ2) is 38.4. The Morgan fingerprint density at radius 2 is 1.00 bits per heavy atom. The van der Waals surface area contributed by atoms with Gasteiger partial charge in [-0.1, -0.05) is 131 Å². The number of rotatable bonds is 37. The largest absolute Gasteiger partial charge is 0.477 e. The molecule has 0 bridgehead atoms. The lowest BCUT2D eigenvalue weighted by atomic mass is 10.1. The number of carboxylic acid groups (broad SMARTS) is 1. The summed E-state index contributed by atoms with van der Waals surface area (Å²) in [7, 11) is 5.49. The van der Waals surface area contributed by atoms with Crippen LogP contribution in [0.1, 0.15) is 149 Å². The zero-order chi connectivity index (χ0) is 41.4. The third-order valence-corrected chi connectivity index (χ3v) is 9.03. The maximum absolute atomic E-state index is 12.7. The normalized spacial score (nSPS) is 13.8. The van der Waals surface area contributed by atoms with Crippen LogP contribution in [0.2, 0.25) is 0 Å². The molecule has 0 amide bonds. The van der Waals surface area contributed by atoms with Crippen molar-refractivity contribution in [3.63, 3.8) is 0 Å². The summed E-state index contributed by atoms with van der Waals surface area (Å²) >= 11 is 0. The number of aliphatic carboxylic acids is 1. The van der Waals surface area contributed by atoms with Crippen LogP contribution in [0.25, 0.3) is 0 Å². The Hall–Kier alpha value is -3.49. The van der Waals surface area contributed by atoms with Gasteiger partial charge in [0.25, 0.3) is 0 Å². The fourth-order valence-electron chi connectivity index (χ4n) is 5.66. The van der Waals surface area contributed by atoms with Crippen molar-refractivity contribution in [2.24, 2.45) is 0 Å². The number of likely N-dealkylation sites (N-methyl/N-ethyl adjacent to an activating group) is 1. The molecule has 318 valence electrons. The van der Waals surface area contributed by atoms with Crippen LogP contribution in [-0.2, 0) is 28.6 Å². The fourth-order valence-corrected chi connectivity index (χ4v) is 5.66. The molecule has 0 fully saturated rings. The Morgan fingerprint density at radius 1 is 0.554 bits per heavy atom. The maximum atomic E-state index is 12.7. The molecule has 0 aliphatic carbocycles. The Labute approximate surface area is 342 Å². The maximum Gasteiger partial charge on any atom is 0.362 e. The molecule has 0 radical (unpaired) electrons. The Balaban J connectivity index is 4.45. The van der Waals surface area contributed by atoms with Gasteiger partial charge < -0.3 is 23.8 Å². The quantitative estimate of drug-likeness (QED) is 0.0290. The highest BCUT2D eigenvalue weighted by molar-refractivity contribution is 5.72. The summed E-state index contributed by atoms with van der Waals surface area (Å²) in [6, 6.07) is -0.628. The van der Waals surface area contributed by atoms with Crippen molar-refractivity contribution in [2.75, 3.05) is 41.0 Å². The summed E-state index contributed by atoms with van der Waals surface area (Å²) in [5.41, 5.74) is 0. The molecule has 8 heteroatoms. The monoisotopic (exact) mass is 783 g/mol. The summed E-state index contributed by atoms with van der Waals surface area (Å²) in [6.45, 7) is 4.50. The van der Waals surface area contributed by atoms with Gasteiger partial charge in [0.1, 0.15) is 6.61 Å². The highest BCUT2D eigenvalue weighted by Gasteiger charge is 2.31. The lowest BCUT2D eigenvalue weighted by Crippen LogP contribution is -2.50. The van der Waals surface area contributed by atoms with Crippen molar-refractivity contribution in [2.45, 2.75) is 161 Å². The molecule has 0 aromatic rings. The number of ether oxygens (including phenoxy) is 3. The third-order valence-electron chi connectivity index (χ3n) is 9.03. The number of carboxylic acids is 1. The molecule has 0 heterocycles. The van der Waals surface area contributed by atoms with Crippen LogP contribution in [0.4, 0.5) is 0 Å². The molecule has 8 nitrogen and oxygen atoms in total. The molecule has 0 aliphatic heterocycles. The van der Waals surface area contributed by atoms with Crippen LogP contribution in [0, 0.1) is 0 Å². The molecule has 56 heavy (non-hydrogen) atoms. The lowest BCUT2D eigenvalue weighted by molar-refractivity contribution is -0.887. The van der Waals surface area contributed by atoms with E-state index in [2.05, 4.69) is 98.9 Å². The fraction of sp³-hybridized carbons (Fsp3) is 0.646. The lowest BCUT2D eigenvalue weighted by Gasteiger charge is -2.31. The summed E-state index contributed by atoms with van der Waals surface area (Å²) in [5, 5.41) is 9.61. The highest BCUT2D eigenvalue weighted by Crippen LogP contribution is 2.12. The minimum atomic E-state index is -0.888. The van der Waals surface area contributed by atoms with Crippen LogP contribution < -0.4 is 0 Å². The van der Waals surface area contributed by atoms with Gasteiger partial charge in [0.2, 0.25) is 0 Å². The van der Waals surface area contributed by atoms with E-state index in [0.29, 0.717) is 19.3 Å². The van der Waals surface area contributed by atoms with Gasteiger partial charge in [-0.25, -0.2) is 4.79 Å². The van der Waals surface area contributed by atoms with Gasteiger partial charge in [-0.05, 0) is 83.5 Å². The zero-order valence-corrected chi connectivity index (χ0v) is 36.1. The van der Waals surface area contributed by atoms with E-state index in [1.54, 1.807) is 0 Å². The molecule has 0 saturated carbocycles. The summed E-state index contributed by atoms with van der Waals surface area (Å²) in [6.07, 6.45) is 49.2. The summed E-state index contributed by atoms with van der Waals surface area (Å²) < 4.78 is 17.2. The van der Waals surface area contributed by atoms with E-state index in [0.717, 1.165) is 89.9 Å². The Kier molecular flexibility index (Phi) is 36.0. The van der Waals surface area contributed by atoms with Gasteiger partial charge in [0.05, 0.1) is 34.4 Å². The first-order chi connectivity index (χ1) is 27.1. The van der Waals surface area contributed by atoms with Crippen LogP contribution in [0.3, 0.4) is 0 Å². The van der Waals surface area contributed by atoms with Crippen molar-refractivity contribution < 1.29 is 38.2 Å². The molecule has 0 rings (SSSR count). The van der Waals surface area contributed by atoms with Crippen LogP contribution in [-0.4, -0.2) is 80.6 Å². The number of nitrogens with zero attached hydrogens (tertiary/aromatic N) is 1. The first kappa shape index (κ1) is 52.5. The molecule has 1 N–H and O–H groups in total. The molecular formula is C48H80NO7+. The summed E-state index contributed by atoms with van der Waals surface area (Å²) in [5.74, 6) is -1.55. The van der Waals surface area contributed by atoms with Gasteiger partial charge in [-0.15, -0.1) is 0 Å². The molecule has 2 unspecified atom stereocenters. The standard InChI is InChI=1S/C48H79NO7/c1-6-8-10-12-14-16-18-19-20-21-22-23-24-25-26-27-29-31-33-35-37-39-47(51)56-44(42-54-41-40-45(48(52)53)49(3,4)5)43-55-46(50)38-36-34-32-30-28-17-15-13-11-9-7-2/h8,10,13-16,19-20,22-23,25-26,29,31,44-45H,6-7,9,11-12,17-18,21,24,27-28,30,32-43H2,1-5H3/p+1/b10-8+,15-13+,16-14+,20-19+,23-22+,26-25+,31-29+. The van der Waals surface area contributed by atoms with E-state index in [-0.39, 0.29) is 42.7 Å². The van der Waals surface area contributed by atoms with E-state index in [9.17, 15) is 19.5 Å². The van der Waals surface area contributed by atoms with Crippen molar-refractivity contribution in [3.05, 3.63) is 85.1 Å². The molecule has 0 aromatic carbocycles. The number of quaternary nitrogens is 1. The van der Waals surface area contributed by atoms with Crippen molar-refractivity contribution in [3.8, 4) is 0 Å². The first-order valence-corrected chi connectivity index (χ1v) is 21.6. The second-order valence-electron chi connectivity index (χ2n) is 15.2. The topological polar surface area (TPSA) is 99.1 Å². The van der Waals surface area contributed by atoms with Gasteiger partial charge in [0, 0.05) is 19.3 Å². The molecule has 2 atom stereocenters. The van der Waals surface area contributed by atoms with E-state index in [4.69, 9.17) is 14.2 Å². The highest BCUT2D eigenvalue weighted by atomic mass is 16.6. The average Bonchev–Trinajstić information content (AvgIpc) is 3.15. The second-order valence-corrected chi connectivity index (χ2v) is 15.2. The number of hydrogen-bond donors (Lipinski definition) is 1. The predicted octanol–water partition coefficient (Wildman–Crippen LogP) is 11.7. The van der Waals surface area contributed by atoms with Gasteiger partial charge in [-0.2, -0.15) is 0 Å². The zero-order valence-electron chi connectivity index (χ0n) is 36.1.